The molecule has 2 aliphatic rings. The van der Waals surface area contributed by atoms with Crippen molar-refractivity contribution in [3.63, 3.8) is 0 Å². The quantitative estimate of drug-likeness (QED) is 0.800. The maximum absolute atomic E-state index is 13.2. The van der Waals surface area contributed by atoms with Gasteiger partial charge in [-0.25, -0.2) is 0 Å². The van der Waals surface area contributed by atoms with E-state index in [0.29, 0.717) is 36.7 Å². The normalized spacial score (nSPS) is 23.1. The van der Waals surface area contributed by atoms with Gasteiger partial charge in [0.1, 0.15) is 0 Å². The molecule has 0 bridgehead atoms. The van der Waals surface area contributed by atoms with Crippen molar-refractivity contribution in [2.24, 2.45) is 11.8 Å². The molecule has 2 heterocycles. The first-order valence-corrected chi connectivity index (χ1v) is 9.87. The summed E-state index contributed by atoms with van der Waals surface area (Å²) in [6.45, 7) is 3.62. The number of benzene rings is 2. The Hall–Kier alpha value is -3.02. The first-order chi connectivity index (χ1) is 14.0. The van der Waals surface area contributed by atoms with Crippen molar-refractivity contribution in [3.8, 4) is 11.5 Å². The van der Waals surface area contributed by atoms with Crippen LogP contribution in [0.15, 0.2) is 48.5 Å². The molecule has 2 fully saturated rings. The number of fused-ring (bicyclic) bond motifs is 1. The minimum Gasteiger partial charge on any atom is -0.493 e. The van der Waals surface area contributed by atoms with Crippen LogP contribution in [-0.4, -0.2) is 55.5 Å². The maximum Gasteiger partial charge on any atom is 0.254 e. The van der Waals surface area contributed by atoms with E-state index < -0.39 is 0 Å². The molecule has 29 heavy (non-hydrogen) atoms. The molecule has 0 spiro atoms. The van der Waals surface area contributed by atoms with E-state index in [-0.39, 0.29) is 29.7 Å². The van der Waals surface area contributed by atoms with Crippen LogP contribution < -0.4 is 9.47 Å². The summed E-state index contributed by atoms with van der Waals surface area (Å²) in [4.78, 5) is 29.3. The molecule has 4 rings (SSSR count). The smallest absolute Gasteiger partial charge is 0.254 e. The average Bonchev–Trinajstić information content (AvgIpc) is 3.31. The van der Waals surface area contributed by atoms with Crippen LogP contribution in [0.3, 0.4) is 0 Å². The summed E-state index contributed by atoms with van der Waals surface area (Å²) in [5, 5.41) is 0. The van der Waals surface area contributed by atoms with Crippen molar-refractivity contribution in [1.82, 2.24) is 9.80 Å². The molecule has 0 aliphatic carbocycles. The van der Waals surface area contributed by atoms with Crippen LogP contribution in [0.25, 0.3) is 0 Å². The fraction of sp³-hybridized carbons (Fsp3) is 0.391. The van der Waals surface area contributed by atoms with Gasteiger partial charge in [0.2, 0.25) is 5.91 Å². The molecule has 3 atom stereocenters. The van der Waals surface area contributed by atoms with Gasteiger partial charge in [0.15, 0.2) is 11.5 Å². The van der Waals surface area contributed by atoms with Gasteiger partial charge in [-0.3, -0.25) is 9.59 Å². The van der Waals surface area contributed by atoms with E-state index in [1.165, 1.54) is 0 Å². The number of carbonyl (C=O) groups is 2. The summed E-state index contributed by atoms with van der Waals surface area (Å²) in [6, 6.07) is 15.4. The molecular formula is C23H26N2O4. The number of hydrogen-bond acceptors (Lipinski definition) is 4. The maximum atomic E-state index is 13.2. The predicted molar refractivity (Wildman–Crippen MR) is 109 cm³/mol. The van der Waals surface area contributed by atoms with Crippen LogP contribution in [0.1, 0.15) is 28.9 Å². The molecule has 2 saturated heterocycles. The molecule has 0 N–H and O–H groups in total. The third-order valence-corrected chi connectivity index (χ3v) is 6.13. The molecule has 2 aliphatic heterocycles. The number of carbonyl (C=O) groups excluding carboxylic acids is 2. The Balaban J connectivity index is 1.57. The number of likely N-dealkylation sites (tertiary alicyclic amines) is 2. The van der Waals surface area contributed by atoms with Crippen molar-refractivity contribution < 1.29 is 19.1 Å². The molecule has 0 radical (unpaired) electrons. The molecule has 2 aromatic rings. The van der Waals surface area contributed by atoms with Crippen LogP contribution in [0.5, 0.6) is 11.5 Å². The van der Waals surface area contributed by atoms with Crippen LogP contribution in [0.2, 0.25) is 0 Å². The third kappa shape index (κ3) is 3.43. The molecule has 152 valence electrons. The van der Waals surface area contributed by atoms with Crippen LogP contribution >= 0.6 is 0 Å². The highest BCUT2D eigenvalue weighted by atomic mass is 16.5. The zero-order valence-corrected chi connectivity index (χ0v) is 17.0. The number of nitrogens with zero attached hydrogens (tertiary/aromatic N) is 2. The fourth-order valence-corrected chi connectivity index (χ4v) is 4.76. The standard InChI is InChI=1S/C23H26N2O4/c1-15(26)25-13-18-12-24(14-19(18)22(25)16-7-5-4-6-8-16)23(27)17-9-10-20(28-2)21(11-17)29-3/h4-11,18-19,22H,12-14H2,1-3H3/t18-,19-,22-/m1/s1. The van der Waals surface area contributed by atoms with E-state index in [4.69, 9.17) is 9.47 Å². The molecule has 0 unspecified atom stereocenters. The van der Waals surface area contributed by atoms with Crippen LogP contribution in [0, 0.1) is 11.8 Å². The Bertz CT molecular complexity index is 914. The number of methoxy groups -OCH3 is 2. The summed E-state index contributed by atoms with van der Waals surface area (Å²) in [7, 11) is 3.14. The van der Waals surface area contributed by atoms with Crippen LogP contribution in [-0.2, 0) is 4.79 Å². The number of amides is 2. The Labute approximate surface area is 171 Å². The largest absolute Gasteiger partial charge is 0.493 e. The van der Waals surface area contributed by atoms with Gasteiger partial charge >= 0.3 is 0 Å². The van der Waals surface area contributed by atoms with Gasteiger partial charge in [-0.15, -0.1) is 0 Å². The van der Waals surface area contributed by atoms with Crippen molar-refractivity contribution in [2.45, 2.75) is 13.0 Å². The Kier molecular flexibility index (Phi) is 5.18. The zero-order valence-electron chi connectivity index (χ0n) is 17.0. The van der Waals surface area contributed by atoms with Gasteiger partial charge in [-0.05, 0) is 23.8 Å². The summed E-state index contributed by atoms with van der Waals surface area (Å²) >= 11 is 0. The highest BCUT2D eigenvalue weighted by Crippen LogP contribution is 2.45. The summed E-state index contributed by atoms with van der Waals surface area (Å²) < 4.78 is 10.6. The predicted octanol–water partition coefficient (Wildman–Crippen LogP) is 3.00. The van der Waals surface area contributed by atoms with E-state index in [2.05, 4.69) is 12.1 Å². The summed E-state index contributed by atoms with van der Waals surface area (Å²) in [6.07, 6.45) is 0. The molecule has 0 saturated carbocycles. The molecule has 2 aromatic carbocycles. The summed E-state index contributed by atoms with van der Waals surface area (Å²) in [5.74, 6) is 1.75. The SMILES string of the molecule is COc1ccc(C(=O)N2C[C@@H]3CN(C(C)=O)[C@H](c4ccccc4)[C@@H]3C2)cc1OC. The first-order valence-electron chi connectivity index (χ1n) is 9.87. The lowest BCUT2D eigenvalue weighted by atomic mass is 9.89. The molecule has 6 nitrogen and oxygen atoms in total. The third-order valence-electron chi connectivity index (χ3n) is 6.13. The average molecular weight is 394 g/mol. The highest BCUT2D eigenvalue weighted by Gasteiger charge is 2.49. The van der Waals surface area contributed by atoms with E-state index >= 15 is 0 Å². The fourth-order valence-electron chi connectivity index (χ4n) is 4.76. The van der Waals surface area contributed by atoms with Crippen molar-refractivity contribution in [2.75, 3.05) is 33.9 Å². The Morgan fingerprint density at radius 2 is 1.66 bits per heavy atom. The Morgan fingerprint density at radius 1 is 0.931 bits per heavy atom. The molecule has 6 heteroatoms. The Morgan fingerprint density at radius 3 is 2.31 bits per heavy atom. The summed E-state index contributed by atoms with van der Waals surface area (Å²) in [5.41, 5.74) is 1.72. The monoisotopic (exact) mass is 394 g/mol. The van der Waals surface area contributed by atoms with Gasteiger partial charge in [-0.2, -0.15) is 0 Å². The zero-order chi connectivity index (χ0) is 20.5. The van der Waals surface area contributed by atoms with Gasteiger partial charge in [-0.1, -0.05) is 30.3 Å². The second-order valence-corrected chi connectivity index (χ2v) is 7.73. The van der Waals surface area contributed by atoms with E-state index in [1.807, 2.05) is 28.0 Å². The van der Waals surface area contributed by atoms with Gasteiger partial charge < -0.3 is 19.3 Å². The highest BCUT2D eigenvalue weighted by molar-refractivity contribution is 5.95. The minimum atomic E-state index is -0.0125. The lowest BCUT2D eigenvalue weighted by Crippen LogP contribution is -2.36. The van der Waals surface area contributed by atoms with Crippen molar-refractivity contribution >= 4 is 11.8 Å². The second kappa shape index (κ2) is 7.78. The molecular weight excluding hydrogens is 368 g/mol. The molecule has 0 aromatic heterocycles. The van der Waals surface area contributed by atoms with Crippen molar-refractivity contribution in [3.05, 3.63) is 59.7 Å². The van der Waals surface area contributed by atoms with E-state index in [1.54, 1.807) is 39.3 Å². The van der Waals surface area contributed by atoms with Gasteiger partial charge in [0, 0.05) is 44.0 Å². The van der Waals surface area contributed by atoms with Crippen LogP contribution in [0.4, 0.5) is 0 Å². The van der Waals surface area contributed by atoms with Crippen molar-refractivity contribution in [1.29, 1.82) is 0 Å². The minimum absolute atomic E-state index is 0.0125. The lowest BCUT2D eigenvalue weighted by molar-refractivity contribution is -0.130. The second-order valence-electron chi connectivity index (χ2n) is 7.73. The van der Waals surface area contributed by atoms with Gasteiger partial charge in [0.05, 0.1) is 20.3 Å². The lowest BCUT2D eigenvalue weighted by Gasteiger charge is -2.29. The molecule has 2 amide bonds. The number of ether oxygens (including phenoxy) is 2. The first kappa shape index (κ1) is 19.3. The topological polar surface area (TPSA) is 59.1 Å². The van der Waals surface area contributed by atoms with E-state index in [0.717, 1.165) is 5.56 Å². The van der Waals surface area contributed by atoms with E-state index in [9.17, 15) is 9.59 Å². The van der Waals surface area contributed by atoms with Gasteiger partial charge in [0.25, 0.3) is 5.91 Å². The number of hydrogen-bond donors (Lipinski definition) is 0. The number of rotatable bonds is 4.